The summed E-state index contributed by atoms with van der Waals surface area (Å²) in [5.41, 5.74) is 0.462. The predicted octanol–water partition coefficient (Wildman–Crippen LogP) is 5.91. The van der Waals surface area contributed by atoms with Crippen molar-refractivity contribution < 1.29 is 27.8 Å². The van der Waals surface area contributed by atoms with Gasteiger partial charge in [-0.2, -0.15) is 13.2 Å². The van der Waals surface area contributed by atoms with Gasteiger partial charge < -0.3 is 14.4 Å². The van der Waals surface area contributed by atoms with E-state index in [1.807, 2.05) is 0 Å². The summed E-state index contributed by atoms with van der Waals surface area (Å²) in [5, 5.41) is 8.94. The normalized spacial score (nSPS) is 13.4. The van der Waals surface area contributed by atoms with Gasteiger partial charge in [0.25, 0.3) is 0 Å². The molecule has 0 fully saturated rings. The molecule has 0 aliphatic carbocycles. The van der Waals surface area contributed by atoms with Gasteiger partial charge in [-0.15, -0.1) is 0 Å². The molecule has 0 radical (unpaired) electrons. The molecule has 0 aliphatic rings. The zero-order valence-corrected chi connectivity index (χ0v) is 18.5. The first-order valence-corrected chi connectivity index (χ1v) is 10.3. The van der Waals surface area contributed by atoms with Gasteiger partial charge in [0.1, 0.15) is 11.5 Å². The number of aromatic nitrogens is 1. The molecule has 0 bridgehead atoms. The van der Waals surface area contributed by atoms with E-state index in [-0.39, 0.29) is 22.6 Å². The van der Waals surface area contributed by atoms with Crippen LogP contribution in [0, 0.1) is 0 Å². The Bertz CT molecular complexity index is 1210. The SMILES string of the molecule is CC(c1ccc(Oc2ccc(CC(=O)O)cc2)cc1Cl)C(c1ccc(=O)n(C)c1)C(F)(F)F. The average Bonchev–Trinajstić information content (AvgIpc) is 2.71. The molecule has 2 aromatic carbocycles. The molecule has 9 heteroatoms. The van der Waals surface area contributed by atoms with E-state index in [0.717, 1.165) is 10.6 Å². The van der Waals surface area contributed by atoms with Gasteiger partial charge in [0.2, 0.25) is 5.56 Å². The summed E-state index contributed by atoms with van der Waals surface area (Å²) < 4.78 is 48.8. The summed E-state index contributed by atoms with van der Waals surface area (Å²) in [5.74, 6) is -3.09. The molecular weight excluding hydrogens is 459 g/mol. The van der Waals surface area contributed by atoms with Gasteiger partial charge >= 0.3 is 12.1 Å². The van der Waals surface area contributed by atoms with Crippen molar-refractivity contribution in [3.05, 3.63) is 92.9 Å². The lowest BCUT2D eigenvalue weighted by molar-refractivity contribution is -0.155. The monoisotopic (exact) mass is 479 g/mol. The Kier molecular flexibility index (Phi) is 7.17. The molecule has 1 heterocycles. The quantitative estimate of drug-likeness (QED) is 0.457. The van der Waals surface area contributed by atoms with Crippen LogP contribution in [0.3, 0.4) is 0 Å². The van der Waals surface area contributed by atoms with Crippen molar-refractivity contribution in [1.29, 1.82) is 0 Å². The van der Waals surface area contributed by atoms with E-state index in [1.165, 1.54) is 44.4 Å². The van der Waals surface area contributed by atoms with Crippen LogP contribution in [0.5, 0.6) is 11.5 Å². The lowest BCUT2D eigenvalue weighted by Crippen LogP contribution is -2.28. The highest BCUT2D eigenvalue weighted by Gasteiger charge is 2.45. The van der Waals surface area contributed by atoms with Crippen molar-refractivity contribution in [2.45, 2.75) is 31.4 Å². The number of benzene rings is 2. The first kappa shape index (κ1) is 24.4. The number of carboxylic acid groups (broad SMARTS) is 1. The Morgan fingerprint density at radius 2 is 1.73 bits per heavy atom. The first-order chi connectivity index (χ1) is 15.5. The largest absolute Gasteiger partial charge is 0.481 e. The van der Waals surface area contributed by atoms with Gasteiger partial charge in [0.15, 0.2) is 0 Å². The maximum atomic E-state index is 14.0. The number of rotatable bonds is 7. The second kappa shape index (κ2) is 9.70. The van der Waals surface area contributed by atoms with E-state index in [1.54, 1.807) is 24.3 Å². The highest BCUT2D eigenvalue weighted by molar-refractivity contribution is 6.31. The Morgan fingerprint density at radius 1 is 1.09 bits per heavy atom. The number of ether oxygens (including phenoxy) is 1. The van der Waals surface area contributed by atoms with Gasteiger partial charge in [-0.05, 0) is 46.9 Å². The molecule has 3 rings (SSSR count). The Balaban J connectivity index is 1.85. The van der Waals surface area contributed by atoms with E-state index >= 15 is 0 Å². The molecule has 174 valence electrons. The number of hydrogen-bond acceptors (Lipinski definition) is 3. The average molecular weight is 480 g/mol. The van der Waals surface area contributed by atoms with Crippen LogP contribution in [0.1, 0.15) is 35.4 Å². The van der Waals surface area contributed by atoms with E-state index < -0.39 is 29.5 Å². The van der Waals surface area contributed by atoms with Crippen molar-refractivity contribution in [3.63, 3.8) is 0 Å². The molecule has 0 amide bonds. The number of aryl methyl sites for hydroxylation is 1. The lowest BCUT2D eigenvalue weighted by atomic mass is 9.82. The summed E-state index contributed by atoms with van der Waals surface area (Å²) >= 11 is 6.34. The zero-order valence-electron chi connectivity index (χ0n) is 17.8. The molecule has 5 nitrogen and oxygen atoms in total. The van der Waals surface area contributed by atoms with Crippen molar-refractivity contribution >= 4 is 17.6 Å². The van der Waals surface area contributed by atoms with Crippen LogP contribution < -0.4 is 10.3 Å². The number of alkyl halides is 3. The fourth-order valence-corrected chi connectivity index (χ4v) is 4.01. The molecule has 33 heavy (non-hydrogen) atoms. The van der Waals surface area contributed by atoms with Crippen LogP contribution in [0.2, 0.25) is 5.02 Å². The van der Waals surface area contributed by atoms with Gasteiger partial charge in [0.05, 0.1) is 12.3 Å². The van der Waals surface area contributed by atoms with Crippen LogP contribution in [0.25, 0.3) is 0 Å². The summed E-state index contributed by atoms with van der Waals surface area (Å²) in [6, 6.07) is 13.2. The van der Waals surface area contributed by atoms with E-state index in [2.05, 4.69) is 0 Å². The molecule has 0 saturated heterocycles. The number of pyridine rings is 1. The molecule has 3 aromatic rings. The van der Waals surface area contributed by atoms with Crippen LogP contribution in [0.15, 0.2) is 65.6 Å². The molecule has 2 atom stereocenters. The third kappa shape index (κ3) is 5.96. The molecule has 2 unspecified atom stereocenters. The van der Waals surface area contributed by atoms with Gasteiger partial charge in [-0.25, -0.2) is 0 Å². The number of carboxylic acids is 1. The van der Waals surface area contributed by atoms with Crippen molar-refractivity contribution in [2.24, 2.45) is 7.05 Å². The van der Waals surface area contributed by atoms with Crippen molar-refractivity contribution in [1.82, 2.24) is 4.57 Å². The van der Waals surface area contributed by atoms with Crippen LogP contribution in [-0.4, -0.2) is 21.8 Å². The molecular formula is C24H21ClF3NO4. The van der Waals surface area contributed by atoms with Gasteiger partial charge in [-0.1, -0.05) is 42.8 Å². The van der Waals surface area contributed by atoms with Gasteiger partial charge in [-0.3, -0.25) is 9.59 Å². The number of halogens is 4. The van der Waals surface area contributed by atoms with Crippen LogP contribution in [0.4, 0.5) is 13.2 Å². The zero-order chi connectivity index (χ0) is 24.3. The maximum Gasteiger partial charge on any atom is 0.396 e. The second-order valence-corrected chi connectivity index (χ2v) is 8.13. The van der Waals surface area contributed by atoms with E-state index in [9.17, 15) is 22.8 Å². The Morgan fingerprint density at radius 3 is 2.27 bits per heavy atom. The minimum atomic E-state index is -4.56. The molecule has 1 aromatic heterocycles. The third-order valence-corrected chi connectivity index (χ3v) is 5.62. The minimum Gasteiger partial charge on any atom is -0.481 e. The third-order valence-electron chi connectivity index (χ3n) is 5.30. The summed E-state index contributed by atoms with van der Waals surface area (Å²) in [6.07, 6.45) is -3.49. The molecule has 0 aliphatic heterocycles. The minimum absolute atomic E-state index is 0.0325. The Labute approximate surface area is 193 Å². The summed E-state index contributed by atoms with van der Waals surface area (Å²) in [4.78, 5) is 22.4. The van der Waals surface area contributed by atoms with E-state index in [0.29, 0.717) is 17.1 Å². The highest BCUT2D eigenvalue weighted by atomic mass is 35.5. The molecule has 1 N–H and O–H groups in total. The van der Waals surface area contributed by atoms with Crippen molar-refractivity contribution in [2.75, 3.05) is 0 Å². The standard InChI is InChI=1S/C24H21ClF3NO4/c1-14(23(24(26,27)28)16-5-10-21(30)29(2)13-16)19-9-8-18(12-20(19)25)33-17-6-3-15(4-7-17)11-22(31)32/h3-10,12-14,23H,11H2,1-2H3,(H,31,32). The van der Waals surface area contributed by atoms with Crippen LogP contribution in [-0.2, 0) is 18.3 Å². The number of aliphatic carboxylic acids is 1. The number of carbonyl (C=O) groups is 1. The summed E-state index contributed by atoms with van der Waals surface area (Å²) in [6.45, 7) is 1.44. The van der Waals surface area contributed by atoms with E-state index in [4.69, 9.17) is 21.4 Å². The molecule has 0 saturated carbocycles. The number of nitrogens with zero attached hydrogens (tertiary/aromatic N) is 1. The predicted molar refractivity (Wildman–Crippen MR) is 118 cm³/mol. The van der Waals surface area contributed by atoms with Gasteiger partial charge in [0, 0.05) is 24.3 Å². The molecule has 0 spiro atoms. The van der Waals surface area contributed by atoms with Crippen LogP contribution >= 0.6 is 11.6 Å². The Hall–Kier alpha value is -3.26. The maximum absolute atomic E-state index is 14.0. The fourth-order valence-electron chi connectivity index (χ4n) is 3.67. The fraction of sp³-hybridized carbons (Fsp3) is 0.250. The first-order valence-electron chi connectivity index (χ1n) is 9.97. The lowest BCUT2D eigenvalue weighted by Gasteiger charge is -2.28. The van der Waals surface area contributed by atoms with Crippen molar-refractivity contribution in [3.8, 4) is 11.5 Å². The topological polar surface area (TPSA) is 68.5 Å². The second-order valence-electron chi connectivity index (χ2n) is 7.72. The summed E-state index contributed by atoms with van der Waals surface area (Å²) in [7, 11) is 1.40. The smallest absolute Gasteiger partial charge is 0.396 e. The number of hydrogen-bond donors (Lipinski definition) is 1. The highest BCUT2D eigenvalue weighted by Crippen LogP contribution is 2.46.